The molecule has 1 aromatic carbocycles. The normalized spacial score (nSPS) is 12.4. The molecule has 1 atom stereocenters. The molecule has 0 aliphatic rings. The number of rotatable bonds is 6. The SMILES string of the molecule is Cc1cc(C(F)F)nn1-c1nc(-n2cnc3cc(Nc4cccnn4)c(F)cc32)ccc1[C@H](C)O. The van der Waals surface area contributed by atoms with Crippen molar-refractivity contribution in [3.8, 4) is 11.6 Å². The first-order valence-electron chi connectivity index (χ1n) is 10.6. The smallest absolute Gasteiger partial charge is 0.282 e. The van der Waals surface area contributed by atoms with E-state index in [1.165, 1.54) is 35.4 Å². The second-order valence-corrected chi connectivity index (χ2v) is 7.85. The fourth-order valence-electron chi connectivity index (χ4n) is 3.71. The van der Waals surface area contributed by atoms with Gasteiger partial charge in [0.05, 0.1) is 22.8 Å². The topological polar surface area (TPSA) is 107 Å². The molecule has 0 radical (unpaired) electrons. The van der Waals surface area contributed by atoms with Gasteiger partial charge in [0.15, 0.2) is 11.6 Å². The van der Waals surface area contributed by atoms with Crippen molar-refractivity contribution >= 4 is 22.5 Å². The summed E-state index contributed by atoms with van der Waals surface area (Å²) in [6.07, 6.45) is -0.698. The van der Waals surface area contributed by atoms with Crippen LogP contribution in [0, 0.1) is 12.7 Å². The maximum Gasteiger partial charge on any atom is 0.282 e. The van der Waals surface area contributed by atoms with Crippen LogP contribution in [0.25, 0.3) is 22.7 Å². The molecule has 4 heterocycles. The number of fused-ring (bicyclic) bond motifs is 1. The van der Waals surface area contributed by atoms with E-state index in [1.807, 2.05) is 0 Å². The molecule has 0 amide bonds. The number of pyridine rings is 1. The summed E-state index contributed by atoms with van der Waals surface area (Å²) < 4.78 is 44.2. The van der Waals surface area contributed by atoms with E-state index in [0.717, 1.165) is 0 Å². The molecule has 9 nitrogen and oxygen atoms in total. The zero-order valence-electron chi connectivity index (χ0n) is 18.6. The molecule has 0 unspecified atom stereocenters. The number of nitrogens with one attached hydrogen (secondary N) is 1. The van der Waals surface area contributed by atoms with Crippen LogP contribution in [0.3, 0.4) is 0 Å². The standard InChI is InChI=1S/C23H19F3N8O/c1-12-8-18(22(25)26)32-34(12)23-14(13(2)35)5-6-21(30-23)33-11-27-17-10-16(15(24)9-19(17)33)29-20-4-3-7-28-31-20/h3-11,13,22,35H,1-2H3,(H,29,31)/t13-/m0/s1. The van der Waals surface area contributed by atoms with Gasteiger partial charge in [0.25, 0.3) is 6.43 Å². The van der Waals surface area contributed by atoms with Crippen LogP contribution >= 0.6 is 0 Å². The summed E-state index contributed by atoms with van der Waals surface area (Å²) in [5.41, 5.74) is 1.51. The predicted molar refractivity (Wildman–Crippen MR) is 122 cm³/mol. The number of aliphatic hydroxyl groups excluding tert-OH is 1. The molecule has 12 heteroatoms. The maximum atomic E-state index is 14.9. The Kier molecular flexibility index (Phi) is 5.65. The minimum atomic E-state index is -2.75. The van der Waals surface area contributed by atoms with Crippen molar-refractivity contribution in [1.29, 1.82) is 0 Å². The molecule has 4 aromatic heterocycles. The predicted octanol–water partition coefficient (Wildman–Crippen LogP) is 4.58. The third-order valence-electron chi connectivity index (χ3n) is 5.39. The van der Waals surface area contributed by atoms with Crippen LogP contribution in [-0.4, -0.2) is 39.6 Å². The summed E-state index contributed by atoms with van der Waals surface area (Å²) in [5, 5.41) is 24.7. The Balaban J connectivity index is 1.59. The van der Waals surface area contributed by atoms with Gasteiger partial charge < -0.3 is 10.4 Å². The number of hydrogen-bond donors (Lipinski definition) is 2. The Bertz CT molecular complexity index is 1510. The molecule has 2 N–H and O–H groups in total. The summed E-state index contributed by atoms with van der Waals surface area (Å²) in [4.78, 5) is 8.92. The minimum absolute atomic E-state index is 0.174. The Hall–Kier alpha value is -4.32. The Morgan fingerprint density at radius 2 is 1.94 bits per heavy atom. The van der Waals surface area contributed by atoms with Crippen molar-refractivity contribution in [3.63, 3.8) is 0 Å². The van der Waals surface area contributed by atoms with Crippen molar-refractivity contribution in [2.45, 2.75) is 26.4 Å². The van der Waals surface area contributed by atoms with Crippen LogP contribution in [0.4, 0.5) is 24.7 Å². The first-order valence-corrected chi connectivity index (χ1v) is 10.6. The van der Waals surface area contributed by atoms with E-state index < -0.39 is 24.0 Å². The fraction of sp³-hybridized carbons (Fsp3) is 0.174. The molecule has 0 fully saturated rings. The van der Waals surface area contributed by atoms with E-state index in [0.29, 0.717) is 33.9 Å². The van der Waals surface area contributed by atoms with Gasteiger partial charge in [-0.1, -0.05) is 0 Å². The third-order valence-corrected chi connectivity index (χ3v) is 5.39. The van der Waals surface area contributed by atoms with Crippen molar-refractivity contribution in [2.75, 3.05) is 5.32 Å². The van der Waals surface area contributed by atoms with E-state index in [1.54, 1.807) is 42.7 Å². The van der Waals surface area contributed by atoms with Crippen LogP contribution in [0.1, 0.15) is 36.4 Å². The van der Waals surface area contributed by atoms with Crippen molar-refractivity contribution in [3.05, 3.63) is 77.8 Å². The molecule has 0 saturated heterocycles. The highest BCUT2D eigenvalue weighted by Crippen LogP contribution is 2.29. The third kappa shape index (κ3) is 4.19. The number of hydrogen-bond acceptors (Lipinski definition) is 7. The van der Waals surface area contributed by atoms with E-state index in [4.69, 9.17) is 0 Å². The summed E-state index contributed by atoms with van der Waals surface area (Å²) in [5.74, 6) is 0.359. The fourth-order valence-corrected chi connectivity index (χ4v) is 3.71. The molecule has 5 aromatic rings. The van der Waals surface area contributed by atoms with E-state index in [9.17, 15) is 18.3 Å². The highest BCUT2D eigenvalue weighted by atomic mass is 19.3. The van der Waals surface area contributed by atoms with E-state index in [-0.39, 0.29) is 11.5 Å². The number of imidazole rings is 1. The molecule has 0 spiro atoms. The number of nitrogens with zero attached hydrogens (tertiary/aromatic N) is 7. The van der Waals surface area contributed by atoms with Crippen molar-refractivity contribution in [1.82, 2.24) is 34.5 Å². The quantitative estimate of drug-likeness (QED) is 0.366. The Labute approximate surface area is 196 Å². The molecule has 178 valence electrons. The van der Waals surface area contributed by atoms with Gasteiger partial charge in [-0.2, -0.15) is 10.2 Å². The zero-order valence-corrected chi connectivity index (χ0v) is 18.6. The molecule has 5 rings (SSSR count). The van der Waals surface area contributed by atoms with Crippen molar-refractivity contribution in [2.24, 2.45) is 0 Å². The first kappa shape index (κ1) is 22.5. The average molecular weight is 480 g/mol. The van der Waals surface area contributed by atoms with E-state index >= 15 is 0 Å². The lowest BCUT2D eigenvalue weighted by atomic mass is 10.1. The Morgan fingerprint density at radius 1 is 1.11 bits per heavy atom. The van der Waals surface area contributed by atoms with Gasteiger partial charge in [0.1, 0.15) is 23.7 Å². The minimum Gasteiger partial charge on any atom is -0.389 e. The second-order valence-electron chi connectivity index (χ2n) is 7.85. The largest absolute Gasteiger partial charge is 0.389 e. The highest BCUT2D eigenvalue weighted by molar-refractivity contribution is 5.82. The molecule has 0 aliphatic heterocycles. The molecule has 35 heavy (non-hydrogen) atoms. The molecule has 0 bridgehead atoms. The zero-order chi connectivity index (χ0) is 24.7. The van der Waals surface area contributed by atoms with Gasteiger partial charge >= 0.3 is 0 Å². The van der Waals surface area contributed by atoms with Crippen LogP contribution in [0.15, 0.2) is 55.0 Å². The number of aliphatic hydroxyl groups is 1. The molecule has 0 saturated carbocycles. The average Bonchev–Trinajstić information content (AvgIpc) is 3.43. The lowest BCUT2D eigenvalue weighted by molar-refractivity contribution is 0.145. The van der Waals surface area contributed by atoms with Gasteiger partial charge in [0, 0.05) is 23.5 Å². The summed E-state index contributed by atoms with van der Waals surface area (Å²) in [6, 6.07) is 10.7. The van der Waals surface area contributed by atoms with Crippen LogP contribution in [0.5, 0.6) is 0 Å². The van der Waals surface area contributed by atoms with Crippen molar-refractivity contribution < 1.29 is 18.3 Å². The number of alkyl halides is 2. The monoisotopic (exact) mass is 480 g/mol. The number of aromatic nitrogens is 7. The van der Waals surface area contributed by atoms with Gasteiger partial charge in [-0.3, -0.25) is 4.57 Å². The number of benzene rings is 1. The van der Waals surface area contributed by atoms with Crippen LogP contribution in [-0.2, 0) is 0 Å². The van der Waals surface area contributed by atoms with Gasteiger partial charge in [-0.05, 0) is 50.2 Å². The molecule has 0 aliphatic carbocycles. The Morgan fingerprint density at radius 3 is 2.63 bits per heavy atom. The van der Waals surface area contributed by atoms with E-state index in [2.05, 4.69) is 30.6 Å². The number of aryl methyl sites for hydroxylation is 1. The molecular formula is C23H19F3N8O. The molecular weight excluding hydrogens is 461 g/mol. The maximum absolute atomic E-state index is 14.9. The summed E-state index contributed by atoms with van der Waals surface area (Å²) >= 11 is 0. The lowest BCUT2D eigenvalue weighted by Crippen LogP contribution is -2.11. The lowest BCUT2D eigenvalue weighted by Gasteiger charge is -2.15. The number of anilines is 2. The van der Waals surface area contributed by atoms with Gasteiger partial charge in [-0.25, -0.2) is 27.8 Å². The summed E-state index contributed by atoms with van der Waals surface area (Å²) in [7, 11) is 0. The van der Waals surface area contributed by atoms with Gasteiger partial charge in [-0.15, -0.1) is 5.10 Å². The first-order chi connectivity index (χ1) is 16.8. The second kappa shape index (κ2) is 8.80. The van der Waals surface area contributed by atoms with Crippen LogP contribution in [0.2, 0.25) is 0 Å². The highest BCUT2D eigenvalue weighted by Gasteiger charge is 2.20. The van der Waals surface area contributed by atoms with Gasteiger partial charge in [0.2, 0.25) is 0 Å². The summed E-state index contributed by atoms with van der Waals surface area (Å²) in [6.45, 7) is 3.16. The number of halogens is 3. The van der Waals surface area contributed by atoms with Crippen LogP contribution < -0.4 is 5.32 Å².